The number of H-pyrrole nitrogens is 2. The molecule has 1 unspecified atom stereocenters. The summed E-state index contributed by atoms with van der Waals surface area (Å²) >= 11 is 0. The molecule has 4 N–H and O–H groups in total. The van der Waals surface area contributed by atoms with Gasteiger partial charge in [0.2, 0.25) is 0 Å². The third-order valence-electron chi connectivity index (χ3n) is 1.93. The molecule has 0 saturated heterocycles. The van der Waals surface area contributed by atoms with Crippen LogP contribution in [0.25, 0.3) is 0 Å². The van der Waals surface area contributed by atoms with Gasteiger partial charge >= 0.3 is 5.97 Å². The Kier molecular flexibility index (Phi) is 1.31. The van der Waals surface area contributed by atoms with Gasteiger partial charge in [-0.05, 0) is 0 Å². The molecule has 1 aromatic rings. The molecule has 1 aromatic heterocycles. The number of fused-ring (bicyclic) bond motifs is 1. The molecule has 0 radical (unpaired) electrons. The Balaban J connectivity index is 2.50. The Hall–Kier alpha value is -1.56. The highest BCUT2D eigenvalue weighted by Gasteiger charge is 2.31. The molecule has 1 aliphatic rings. The number of carboxylic acid groups (broad SMARTS) is 1. The summed E-state index contributed by atoms with van der Waals surface area (Å²) in [5.74, 6) is -0.982. The second kappa shape index (κ2) is 2.21. The molecule has 0 aliphatic carbocycles. The fourth-order valence-electron chi connectivity index (χ4n) is 1.34. The number of hydrogen-bond donors (Lipinski definition) is 4. The molecule has 0 aromatic carbocycles. The van der Waals surface area contributed by atoms with Gasteiger partial charge in [0.05, 0.1) is 11.3 Å². The van der Waals surface area contributed by atoms with Crippen LogP contribution in [0.2, 0.25) is 0 Å². The molecule has 0 amide bonds. The monoisotopic (exact) mass is 169 g/mol. The van der Waals surface area contributed by atoms with Crippen molar-refractivity contribution in [3.8, 4) is 0 Å². The molecular formula is C6H7N3O3. The van der Waals surface area contributed by atoms with Crippen molar-refractivity contribution >= 4 is 5.97 Å². The normalized spacial score (nSPS) is 20.8. The molecule has 0 bridgehead atoms. The Bertz CT molecular complexity index is 378. The maximum Gasteiger partial charge on any atom is 0.326 e. The van der Waals surface area contributed by atoms with Crippen LogP contribution < -0.4 is 10.9 Å². The van der Waals surface area contributed by atoms with Gasteiger partial charge in [0.1, 0.15) is 6.04 Å². The molecule has 0 fully saturated rings. The smallest absolute Gasteiger partial charge is 0.326 e. The van der Waals surface area contributed by atoms with Crippen LogP contribution in [0, 0.1) is 0 Å². The highest BCUT2D eigenvalue weighted by atomic mass is 16.4. The van der Waals surface area contributed by atoms with Gasteiger partial charge in [-0.15, -0.1) is 0 Å². The molecular weight excluding hydrogens is 162 g/mol. The predicted molar refractivity (Wildman–Crippen MR) is 38.6 cm³/mol. The molecule has 2 heterocycles. The van der Waals surface area contributed by atoms with Crippen molar-refractivity contribution in [1.82, 2.24) is 15.5 Å². The maximum atomic E-state index is 11.0. The minimum absolute atomic E-state index is 0.249. The summed E-state index contributed by atoms with van der Waals surface area (Å²) in [6.45, 7) is 0.311. The minimum Gasteiger partial charge on any atom is -0.480 e. The zero-order chi connectivity index (χ0) is 8.72. The molecule has 1 atom stereocenters. The van der Waals surface area contributed by atoms with Crippen molar-refractivity contribution in [2.75, 3.05) is 0 Å². The quantitative estimate of drug-likeness (QED) is 0.430. The third kappa shape index (κ3) is 0.782. The first kappa shape index (κ1) is 7.11. The topological polar surface area (TPSA) is 98.0 Å². The van der Waals surface area contributed by atoms with Crippen LogP contribution in [0.1, 0.15) is 17.3 Å². The van der Waals surface area contributed by atoms with Crippen molar-refractivity contribution in [3.05, 3.63) is 21.6 Å². The molecule has 12 heavy (non-hydrogen) atoms. The fourth-order valence-corrected chi connectivity index (χ4v) is 1.34. The van der Waals surface area contributed by atoms with Gasteiger partial charge < -0.3 is 5.11 Å². The number of carboxylic acids is 1. The van der Waals surface area contributed by atoms with Crippen LogP contribution in [-0.2, 0) is 11.3 Å². The van der Waals surface area contributed by atoms with Crippen LogP contribution in [-0.4, -0.2) is 21.3 Å². The standard InChI is InChI=1S/C6H7N3O3/c10-5-2-1-7-4(6(11)12)3(2)8-9-5/h4,7H,1H2,(H,11,12)(H2,8,9,10). The summed E-state index contributed by atoms with van der Waals surface area (Å²) in [7, 11) is 0. The minimum atomic E-state index is -0.982. The lowest BCUT2D eigenvalue weighted by molar-refractivity contribution is -0.139. The summed E-state index contributed by atoms with van der Waals surface area (Å²) in [5, 5.41) is 16.2. The SMILES string of the molecule is O=C(O)C1NCc2c1[nH][nH]c2=O. The second-order valence-electron chi connectivity index (χ2n) is 2.62. The molecule has 6 nitrogen and oxygen atoms in total. The predicted octanol–water partition coefficient (Wildman–Crippen LogP) is -1.07. The van der Waals surface area contributed by atoms with Crippen LogP contribution in [0.5, 0.6) is 0 Å². The lowest BCUT2D eigenvalue weighted by Gasteiger charge is -2.02. The Morgan fingerprint density at radius 2 is 2.25 bits per heavy atom. The van der Waals surface area contributed by atoms with Gasteiger partial charge in [-0.25, -0.2) is 0 Å². The maximum absolute atomic E-state index is 11.0. The van der Waals surface area contributed by atoms with Crippen LogP contribution in [0.4, 0.5) is 0 Å². The van der Waals surface area contributed by atoms with E-state index in [1.807, 2.05) is 0 Å². The molecule has 2 rings (SSSR count). The summed E-state index contributed by atoms with van der Waals surface area (Å²) in [4.78, 5) is 21.5. The zero-order valence-corrected chi connectivity index (χ0v) is 6.05. The lowest BCUT2D eigenvalue weighted by atomic mass is 10.2. The van der Waals surface area contributed by atoms with E-state index >= 15 is 0 Å². The lowest BCUT2D eigenvalue weighted by Crippen LogP contribution is -2.22. The van der Waals surface area contributed by atoms with Gasteiger partial charge in [-0.2, -0.15) is 0 Å². The van der Waals surface area contributed by atoms with Gasteiger partial charge in [0.25, 0.3) is 5.56 Å². The Labute approximate surface area is 66.6 Å². The molecule has 0 spiro atoms. The zero-order valence-electron chi connectivity index (χ0n) is 6.05. The van der Waals surface area contributed by atoms with Crippen LogP contribution in [0.3, 0.4) is 0 Å². The van der Waals surface area contributed by atoms with E-state index in [0.717, 1.165) is 0 Å². The average Bonchev–Trinajstić information content (AvgIpc) is 2.53. The van der Waals surface area contributed by atoms with Crippen LogP contribution in [0.15, 0.2) is 4.79 Å². The number of rotatable bonds is 1. The Morgan fingerprint density at radius 1 is 1.50 bits per heavy atom. The van der Waals surface area contributed by atoms with Gasteiger partial charge in [0.15, 0.2) is 0 Å². The number of aliphatic carboxylic acids is 1. The van der Waals surface area contributed by atoms with E-state index in [1.165, 1.54) is 0 Å². The van der Waals surface area contributed by atoms with Gasteiger partial charge in [-0.3, -0.25) is 25.1 Å². The molecule has 1 aliphatic heterocycles. The number of aromatic nitrogens is 2. The van der Waals surface area contributed by atoms with E-state index < -0.39 is 12.0 Å². The van der Waals surface area contributed by atoms with Crippen molar-refractivity contribution in [2.24, 2.45) is 0 Å². The Morgan fingerprint density at radius 3 is 2.92 bits per heavy atom. The number of nitrogens with one attached hydrogen (secondary N) is 3. The van der Waals surface area contributed by atoms with Crippen molar-refractivity contribution < 1.29 is 9.90 Å². The number of carbonyl (C=O) groups is 1. The van der Waals surface area contributed by atoms with Crippen molar-refractivity contribution in [1.29, 1.82) is 0 Å². The average molecular weight is 169 g/mol. The van der Waals surface area contributed by atoms with Crippen LogP contribution >= 0.6 is 0 Å². The summed E-state index contributed by atoms with van der Waals surface area (Å²) in [6.07, 6.45) is 0. The summed E-state index contributed by atoms with van der Waals surface area (Å²) in [5.41, 5.74) is 0.677. The fraction of sp³-hybridized carbons (Fsp3) is 0.333. The van der Waals surface area contributed by atoms with Gasteiger partial charge in [0, 0.05) is 6.54 Å². The first-order valence-electron chi connectivity index (χ1n) is 3.45. The van der Waals surface area contributed by atoms with Gasteiger partial charge in [-0.1, -0.05) is 0 Å². The largest absolute Gasteiger partial charge is 0.480 e. The highest BCUT2D eigenvalue weighted by Crippen LogP contribution is 2.19. The molecule has 64 valence electrons. The van der Waals surface area contributed by atoms with Crippen molar-refractivity contribution in [3.63, 3.8) is 0 Å². The van der Waals surface area contributed by atoms with E-state index in [1.54, 1.807) is 0 Å². The molecule has 6 heteroatoms. The first-order valence-corrected chi connectivity index (χ1v) is 3.45. The third-order valence-corrected chi connectivity index (χ3v) is 1.93. The molecule has 0 saturated carbocycles. The van der Waals surface area contributed by atoms with E-state index in [4.69, 9.17) is 5.11 Å². The number of aromatic amines is 2. The summed E-state index contributed by atoms with van der Waals surface area (Å²) in [6, 6.07) is -0.779. The highest BCUT2D eigenvalue weighted by molar-refractivity contribution is 5.76. The van der Waals surface area contributed by atoms with E-state index in [-0.39, 0.29) is 5.56 Å². The second-order valence-corrected chi connectivity index (χ2v) is 2.62. The summed E-state index contributed by atoms with van der Waals surface area (Å²) < 4.78 is 0. The number of hydrogen-bond acceptors (Lipinski definition) is 3. The first-order chi connectivity index (χ1) is 5.70. The van der Waals surface area contributed by atoms with E-state index in [2.05, 4.69) is 15.5 Å². The van der Waals surface area contributed by atoms with E-state index in [0.29, 0.717) is 17.8 Å². The van der Waals surface area contributed by atoms with Crippen molar-refractivity contribution in [2.45, 2.75) is 12.6 Å². The van der Waals surface area contributed by atoms with E-state index in [9.17, 15) is 9.59 Å².